The van der Waals surface area contributed by atoms with Gasteiger partial charge in [-0.05, 0) is 36.5 Å². The maximum atomic E-state index is 13.2. The van der Waals surface area contributed by atoms with Crippen molar-refractivity contribution in [1.29, 1.82) is 0 Å². The predicted octanol–water partition coefficient (Wildman–Crippen LogP) is 3.47. The van der Waals surface area contributed by atoms with E-state index >= 15 is 0 Å². The first-order chi connectivity index (χ1) is 6.00. The first-order valence-electron chi connectivity index (χ1n) is 4.45. The molecular weight excluding hydrogens is 170 g/mol. The summed E-state index contributed by atoms with van der Waals surface area (Å²) in [4.78, 5) is 0. The molecule has 0 heterocycles. The van der Waals surface area contributed by atoms with E-state index in [1.807, 2.05) is 13.8 Å². The zero-order valence-electron chi connectivity index (χ0n) is 8.20. The molecule has 0 aliphatic rings. The highest BCUT2D eigenvalue weighted by atomic mass is 19.1. The Kier molecular flexibility index (Phi) is 3.02. The summed E-state index contributed by atoms with van der Waals surface area (Å²) < 4.78 is 25.9. The van der Waals surface area contributed by atoms with E-state index in [1.165, 1.54) is 6.07 Å². The normalized spacial score (nSPS) is 10.9. The topological polar surface area (TPSA) is 0 Å². The van der Waals surface area contributed by atoms with Crippen molar-refractivity contribution >= 4 is 0 Å². The third-order valence-corrected chi connectivity index (χ3v) is 2.00. The van der Waals surface area contributed by atoms with Crippen molar-refractivity contribution in [1.82, 2.24) is 0 Å². The predicted molar refractivity (Wildman–Crippen MR) is 49.6 cm³/mol. The van der Waals surface area contributed by atoms with Crippen molar-refractivity contribution in [3.8, 4) is 0 Å². The van der Waals surface area contributed by atoms with E-state index in [0.29, 0.717) is 23.5 Å². The summed E-state index contributed by atoms with van der Waals surface area (Å²) in [7, 11) is 0. The van der Waals surface area contributed by atoms with E-state index < -0.39 is 11.6 Å². The van der Waals surface area contributed by atoms with Crippen molar-refractivity contribution in [3.63, 3.8) is 0 Å². The van der Waals surface area contributed by atoms with Crippen LogP contribution in [0, 0.1) is 24.5 Å². The minimum atomic E-state index is -0.498. The van der Waals surface area contributed by atoms with Gasteiger partial charge in [0.1, 0.15) is 11.6 Å². The number of aryl methyl sites for hydroxylation is 1. The molecule has 2 heteroatoms. The van der Waals surface area contributed by atoms with Gasteiger partial charge in [-0.15, -0.1) is 0 Å². The molecule has 0 atom stereocenters. The third kappa shape index (κ3) is 2.51. The molecule has 0 bridgehead atoms. The van der Waals surface area contributed by atoms with E-state index in [9.17, 15) is 8.78 Å². The van der Waals surface area contributed by atoms with Gasteiger partial charge in [0.05, 0.1) is 0 Å². The highest BCUT2D eigenvalue weighted by Crippen LogP contribution is 2.18. The molecule has 1 rings (SSSR count). The fourth-order valence-corrected chi connectivity index (χ4v) is 1.40. The second kappa shape index (κ2) is 3.86. The fraction of sp³-hybridized carbons (Fsp3) is 0.455. The molecule has 0 unspecified atom stereocenters. The van der Waals surface area contributed by atoms with Crippen LogP contribution in [0.15, 0.2) is 12.1 Å². The van der Waals surface area contributed by atoms with Crippen molar-refractivity contribution in [2.24, 2.45) is 5.92 Å². The summed E-state index contributed by atoms with van der Waals surface area (Å²) in [5.74, 6) is -0.535. The standard InChI is InChI=1S/C11H14F2/c1-7(2)4-10-8(3)5-9(12)6-11(10)13/h5-7H,4H2,1-3H3. The second-order valence-corrected chi connectivity index (χ2v) is 3.78. The van der Waals surface area contributed by atoms with Crippen LogP contribution in [0.4, 0.5) is 8.78 Å². The van der Waals surface area contributed by atoms with Gasteiger partial charge in [-0.1, -0.05) is 13.8 Å². The van der Waals surface area contributed by atoms with Crippen molar-refractivity contribution in [2.75, 3.05) is 0 Å². The van der Waals surface area contributed by atoms with Gasteiger partial charge in [0.2, 0.25) is 0 Å². The second-order valence-electron chi connectivity index (χ2n) is 3.78. The summed E-state index contributed by atoms with van der Waals surface area (Å²) >= 11 is 0. The van der Waals surface area contributed by atoms with Crippen LogP contribution in [0.5, 0.6) is 0 Å². The summed E-state index contributed by atoms with van der Waals surface area (Å²) in [6, 6.07) is 2.32. The van der Waals surface area contributed by atoms with E-state index in [-0.39, 0.29) is 0 Å². The lowest BCUT2D eigenvalue weighted by atomic mass is 9.98. The van der Waals surface area contributed by atoms with Gasteiger partial charge in [-0.25, -0.2) is 8.78 Å². The molecule has 1 aromatic rings. The highest BCUT2D eigenvalue weighted by molar-refractivity contribution is 5.28. The molecule has 0 saturated carbocycles. The Morgan fingerprint density at radius 1 is 1.23 bits per heavy atom. The third-order valence-electron chi connectivity index (χ3n) is 2.00. The Balaban J connectivity index is 3.06. The Hall–Kier alpha value is -0.920. The van der Waals surface area contributed by atoms with Crippen LogP contribution < -0.4 is 0 Å². The maximum Gasteiger partial charge on any atom is 0.129 e. The monoisotopic (exact) mass is 184 g/mol. The molecule has 0 aromatic heterocycles. The summed E-state index contributed by atoms with van der Waals surface area (Å²) in [5, 5.41) is 0. The number of halogens is 2. The summed E-state index contributed by atoms with van der Waals surface area (Å²) in [6.07, 6.45) is 0.665. The zero-order valence-corrected chi connectivity index (χ0v) is 8.20. The molecule has 0 aliphatic heterocycles. The van der Waals surface area contributed by atoms with Crippen LogP contribution >= 0.6 is 0 Å². The quantitative estimate of drug-likeness (QED) is 0.660. The first kappa shape index (κ1) is 10.2. The zero-order chi connectivity index (χ0) is 10.0. The van der Waals surface area contributed by atoms with Gasteiger partial charge >= 0.3 is 0 Å². The molecule has 0 nitrogen and oxygen atoms in total. The summed E-state index contributed by atoms with van der Waals surface area (Å²) in [6.45, 7) is 5.77. The number of hydrogen-bond acceptors (Lipinski definition) is 0. The molecule has 72 valence electrons. The minimum absolute atomic E-state index is 0.388. The van der Waals surface area contributed by atoms with Crippen LogP contribution in [0.1, 0.15) is 25.0 Å². The Morgan fingerprint density at radius 2 is 1.85 bits per heavy atom. The lowest BCUT2D eigenvalue weighted by Crippen LogP contribution is -2.01. The molecular formula is C11H14F2. The van der Waals surface area contributed by atoms with Gasteiger partial charge in [0.15, 0.2) is 0 Å². The molecule has 0 radical (unpaired) electrons. The van der Waals surface area contributed by atoms with Crippen molar-refractivity contribution in [2.45, 2.75) is 27.2 Å². The lowest BCUT2D eigenvalue weighted by molar-refractivity contribution is 0.549. The molecule has 0 saturated heterocycles. The van der Waals surface area contributed by atoms with Crippen molar-refractivity contribution < 1.29 is 8.78 Å². The fourth-order valence-electron chi connectivity index (χ4n) is 1.40. The van der Waals surface area contributed by atoms with E-state index in [2.05, 4.69) is 0 Å². The molecule has 1 aromatic carbocycles. The number of benzene rings is 1. The van der Waals surface area contributed by atoms with Crippen LogP contribution in [0.25, 0.3) is 0 Å². The van der Waals surface area contributed by atoms with Gasteiger partial charge in [-0.2, -0.15) is 0 Å². The molecule has 0 spiro atoms. The van der Waals surface area contributed by atoms with Crippen LogP contribution in [-0.2, 0) is 6.42 Å². The number of hydrogen-bond donors (Lipinski definition) is 0. The molecule has 0 amide bonds. The van der Waals surface area contributed by atoms with Gasteiger partial charge in [0.25, 0.3) is 0 Å². The van der Waals surface area contributed by atoms with E-state index in [4.69, 9.17) is 0 Å². The van der Waals surface area contributed by atoms with Gasteiger partial charge in [-0.3, -0.25) is 0 Å². The van der Waals surface area contributed by atoms with Crippen molar-refractivity contribution in [3.05, 3.63) is 34.9 Å². The molecule has 0 N–H and O–H groups in total. The molecule has 0 aliphatic carbocycles. The Labute approximate surface area is 77.6 Å². The first-order valence-corrected chi connectivity index (χ1v) is 4.45. The largest absolute Gasteiger partial charge is 0.207 e. The van der Waals surface area contributed by atoms with Crippen LogP contribution in [0.2, 0.25) is 0 Å². The lowest BCUT2D eigenvalue weighted by Gasteiger charge is -2.09. The van der Waals surface area contributed by atoms with E-state index in [0.717, 1.165) is 6.07 Å². The average Bonchev–Trinajstić information content (AvgIpc) is 1.96. The van der Waals surface area contributed by atoms with Gasteiger partial charge in [0, 0.05) is 6.07 Å². The smallest absolute Gasteiger partial charge is 0.129 e. The SMILES string of the molecule is Cc1cc(F)cc(F)c1CC(C)C. The Morgan fingerprint density at radius 3 is 2.31 bits per heavy atom. The summed E-state index contributed by atoms with van der Waals surface area (Å²) in [5.41, 5.74) is 1.34. The van der Waals surface area contributed by atoms with E-state index in [1.54, 1.807) is 6.92 Å². The van der Waals surface area contributed by atoms with Gasteiger partial charge < -0.3 is 0 Å². The van der Waals surface area contributed by atoms with Crippen LogP contribution in [0.3, 0.4) is 0 Å². The average molecular weight is 184 g/mol. The van der Waals surface area contributed by atoms with Crippen LogP contribution in [-0.4, -0.2) is 0 Å². The maximum absolute atomic E-state index is 13.2. The molecule has 0 fully saturated rings. The minimum Gasteiger partial charge on any atom is -0.207 e. The Bertz CT molecular complexity index is 280. The number of rotatable bonds is 2. The highest BCUT2D eigenvalue weighted by Gasteiger charge is 2.09. The molecule has 13 heavy (non-hydrogen) atoms.